The average Bonchev–Trinajstić information content (AvgIpc) is 3.13. The molecule has 4 nitrogen and oxygen atoms in total. The molecule has 0 spiro atoms. The summed E-state index contributed by atoms with van der Waals surface area (Å²) in [4.78, 5) is 26.9. The zero-order valence-electron chi connectivity index (χ0n) is 10.8. The van der Waals surface area contributed by atoms with Gasteiger partial charge in [0.2, 0.25) is 5.78 Å². The Balaban J connectivity index is 1.75. The lowest BCUT2D eigenvalue weighted by atomic mass is 10.2. The Morgan fingerprint density at radius 3 is 2.71 bits per heavy atom. The van der Waals surface area contributed by atoms with E-state index >= 15 is 0 Å². The zero-order valence-corrected chi connectivity index (χ0v) is 12.3. The van der Waals surface area contributed by atoms with Gasteiger partial charge >= 0.3 is 5.97 Å². The molecule has 6 heteroatoms. The van der Waals surface area contributed by atoms with Crippen LogP contribution in [-0.4, -0.2) is 23.3 Å². The number of aromatic amines is 1. The summed E-state index contributed by atoms with van der Waals surface area (Å²) in [6, 6.07) is 10.8. The van der Waals surface area contributed by atoms with Crippen molar-refractivity contribution >= 4 is 44.8 Å². The van der Waals surface area contributed by atoms with Gasteiger partial charge in [-0.25, -0.2) is 4.79 Å². The highest BCUT2D eigenvalue weighted by Crippen LogP contribution is 2.35. The Bertz CT molecular complexity index is 808. The van der Waals surface area contributed by atoms with Crippen LogP contribution in [0.25, 0.3) is 10.1 Å². The summed E-state index contributed by atoms with van der Waals surface area (Å²) < 4.78 is 5.95. The summed E-state index contributed by atoms with van der Waals surface area (Å²) in [5.41, 5.74) is 0.408. The summed E-state index contributed by atoms with van der Waals surface area (Å²) >= 11 is 7.44. The van der Waals surface area contributed by atoms with Crippen molar-refractivity contribution in [3.8, 4) is 0 Å². The molecular weight excluding hydrogens is 310 g/mol. The standard InChI is InChI=1S/C15H10ClNO3S/c16-13-9-4-1-2-6-12(9)21-14(13)15(19)20-8-11(18)10-5-3-7-17-10/h1-7,17H,8H2. The Hall–Kier alpha value is -2.11. The van der Waals surface area contributed by atoms with Gasteiger partial charge in [0.15, 0.2) is 6.61 Å². The summed E-state index contributed by atoms with van der Waals surface area (Å²) in [7, 11) is 0. The molecule has 1 N–H and O–H groups in total. The maximum Gasteiger partial charge on any atom is 0.350 e. The molecule has 0 saturated carbocycles. The summed E-state index contributed by atoms with van der Waals surface area (Å²) in [6.07, 6.45) is 1.64. The van der Waals surface area contributed by atoms with E-state index in [1.54, 1.807) is 18.3 Å². The molecule has 0 unspecified atom stereocenters. The molecule has 2 aromatic heterocycles. The van der Waals surface area contributed by atoms with Crippen LogP contribution in [-0.2, 0) is 4.74 Å². The second kappa shape index (κ2) is 5.71. The number of nitrogens with one attached hydrogen (secondary N) is 1. The predicted molar refractivity (Wildman–Crippen MR) is 82.2 cm³/mol. The van der Waals surface area contributed by atoms with Gasteiger partial charge in [0.1, 0.15) is 4.88 Å². The molecule has 0 aliphatic rings. The number of halogens is 1. The highest BCUT2D eigenvalue weighted by molar-refractivity contribution is 7.21. The highest BCUT2D eigenvalue weighted by Gasteiger charge is 2.19. The van der Waals surface area contributed by atoms with Crippen LogP contribution in [0.1, 0.15) is 20.2 Å². The smallest absolute Gasteiger partial charge is 0.350 e. The first-order valence-electron chi connectivity index (χ1n) is 6.17. The zero-order chi connectivity index (χ0) is 14.8. The van der Waals surface area contributed by atoms with Crippen molar-refractivity contribution in [3.05, 3.63) is 58.2 Å². The van der Waals surface area contributed by atoms with Crippen molar-refractivity contribution < 1.29 is 14.3 Å². The van der Waals surface area contributed by atoms with Crippen LogP contribution in [0.15, 0.2) is 42.6 Å². The van der Waals surface area contributed by atoms with Gasteiger partial charge in [-0.15, -0.1) is 11.3 Å². The van der Waals surface area contributed by atoms with E-state index in [-0.39, 0.29) is 12.4 Å². The summed E-state index contributed by atoms with van der Waals surface area (Å²) in [5, 5.41) is 1.18. The Morgan fingerprint density at radius 1 is 1.19 bits per heavy atom. The van der Waals surface area contributed by atoms with Crippen LogP contribution in [0.4, 0.5) is 0 Å². The third-order valence-electron chi connectivity index (χ3n) is 2.95. The second-order valence-corrected chi connectivity index (χ2v) is 5.75. The SMILES string of the molecule is O=C(COC(=O)c1sc2ccccc2c1Cl)c1ccc[nH]1. The molecule has 3 aromatic rings. The minimum absolute atomic E-state index is 0.286. The number of carbonyl (C=O) groups is 2. The molecule has 0 aliphatic carbocycles. The first-order valence-corrected chi connectivity index (χ1v) is 7.37. The number of benzene rings is 1. The third-order valence-corrected chi connectivity index (χ3v) is 4.61. The summed E-state index contributed by atoms with van der Waals surface area (Å²) in [6.45, 7) is -0.316. The lowest BCUT2D eigenvalue weighted by Crippen LogP contribution is -2.14. The lowest BCUT2D eigenvalue weighted by Gasteiger charge is -2.02. The van der Waals surface area contributed by atoms with Crippen LogP contribution in [0.2, 0.25) is 5.02 Å². The maximum absolute atomic E-state index is 12.1. The largest absolute Gasteiger partial charge is 0.453 e. The van der Waals surface area contributed by atoms with Gasteiger partial charge in [0.05, 0.1) is 10.7 Å². The molecule has 0 saturated heterocycles. The topological polar surface area (TPSA) is 59.2 Å². The molecule has 3 rings (SSSR count). The lowest BCUT2D eigenvalue weighted by molar-refractivity contribution is 0.0478. The number of esters is 1. The molecule has 0 aliphatic heterocycles. The van der Waals surface area contributed by atoms with Crippen molar-refractivity contribution in [2.45, 2.75) is 0 Å². The number of ether oxygens (including phenoxy) is 1. The van der Waals surface area contributed by atoms with Crippen molar-refractivity contribution in [1.29, 1.82) is 0 Å². The number of carbonyl (C=O) groups excluding carboxylic acids is 2. The molecule has 1 aromatic carbocycles. The van der Waals surface area contributed by atoms with E-state index in [4.69, 9.17) is 16.3 Å². The fourth-order valence-corrected chi connectivity index (χ4v) is 3.33. The van der Waals surface area contributed by atoms with E-state index in [1.165, 1.54) is 11.3 Å². The van der Waals surface area contributed by atoms with Crippen molar-refractivity contribution in [1.82, 2.24) is 4.98 Å². The molecule has 106 valence electrons. The van der Waals surface area contributed by atoms with Crippen LogP contribution < -0.4 is 0 Å². The van der Waals surface area contributed by atoms with Crippen LogP contribution >= 0.6 is 22.9 Å². The molecule has 0 bridgehead atoms. The van der Waals surface area contributed by atoms with Gasteiger partial charge in [-0.1, -0.05) is 29.8 Å². The maximum atomic E-state index is 12.1. The average molecular weight is 320 g/mol. The fourth-order valence-electron chi connectivity index (χ4n) is 1.92. The molecule has 0 radical (unpaired) electrons. The monoisotopic (exact) mass is 319 g/mol. The number of hydrogen-bond acceptors (Lipinski definition) is 4. The number of aromatic nitrogens is 1. The number of thiophene rings is 1. The summed E-state index contributed by atoms with van der Waals surface area (Å²) in [5.74, 6) is -0.869. The fraction of sp³-hybridized carbons (Fsp3) is 0.0667. The Morgan fingerprint density at radius 2 is 2.00 bits per heavy atom. The van der Waals surface area contributed by atoms with Gasteiger partial charge in [-0.3, -0.25) is 4.79 Å². The van der Waals surface area contributed by atoms with E-state index in [0.717, 1.165) is 10.1 Å². The molecule has 2 heterocycles. The number of fused-ring (bicyclic) bond motifs is 1. The molecule has 0 atom stereocenters. The Labute approximate surface area is 129 Å². The number of H-pyrrole nitrogens is 1. The quantitative estimate of drug-likeness (QED) is 0.585. The van der Waals surface area contributed by atoms with Crippen LogP contribution in [0.3, 0.4) is 0 Å². The van der Waals surface area contributed by atoms with Gasteiger partial charge in [0.25, 0.3) is 0 Å². The van der Waals surface area contributed by atoms with E-state index in [2.05, 4.69) is 4.98 Å². The molecule has 0 amide bonds. The highest BCUT2D eigenvalue weighted by atomic mass is 35.5. The van der Waals surface area contributed by atoms with Gasteiger partial charge < -0.3 is 9.72 Å². The van der Waals surface area contributed by atoms with E-state index in [9.17, 15) is 9.59 Å². The number of hydrogen-bond donors (Lipinski definition) is 1. The second-order valence-electron chi connectivity index (χ2n) is 4.32. The van der Waals surface area contributed by atoms with Gasteiger partial charge in [-0.05, 0) is 18.2 Å². The molecule has 21 heavy (non-hydrogen) atoms. The molecular formula is C15H10ClNO3S. The first kappa shape index (κ1) is 13.9. The van der Waals surface area contributed by atoms with Crippen LogP contribution in [0, 0.1) is 0 Å². The Kier molecular flexibility index (Phi) is 3.77. The first-order chi connectivity index (χ1) is 10.2. The van der Waals surface area contributed by atoms with E-state index in [1.807, 2.05) is 24.3 Å². The van der Waals surface area contributed by atoms with Gasteiger partial charge in [0, 0.05) is 16.3 Å². The normalized spacial score (nSPS) is 10.7. The third kappa shape index (κ3) is 2.70. The minimum Gasteiger partial charge on any atom is -0.453 e. The van der Waals surface area contributed by atoms with Crippen molar-refractivity contribution in [3.63, 3.8) is 0 Å². The molecule has 0 fully saturated rings. The minimum atomic E-state index is -0.582. The van der Waals surface area contributed by atoms with E-state index < -0.39 is 5.97 Å². The van der Waals surface area contributed by atoms with Crippen LogP contribution in [0.5, 0.6) is 0 Å². The number of Topliss-reactive ketones (excluding diaryl/α,β-unsaturated/α-hetero) is 1. The number of rotatable bonds is 4. The van der Waals surface area contributed by atoms with Crippen molar-refractivity contribution in [2.75, 3.05) is 6.61 Å². The van der Waals surface area contributed by atoms with Crippen molar-refractivity contribution in [2.24, 2.45) is 0 Å². The predicted octanol–water partition coefficient (Wildman–Crippen LogP) is 3.92. The number of ketones is 1. The van der Waals surface area contributed by atoms with Gasteiger partial charge in [-0.2, -0.15) is 0 Å². The van der Waals surface area contributed by atoms with E-state index in [0.29, 0.717) is 15.6 Å².